The van der Waals surface area contributed by atoms with E-state index in [9.17, 15) is 9.59 Å². The second-order valence-corrected chi connectivity index (χ2v) is 7.91. The van der Waals surface area contributed by atoms with Crippen LogP contribution in [0.2, 0.25) is 0 Å². The van der Waals surface area contributed by atoms with E-state index < -0.39 is 0 Å². The van der Waals surface area contributed by atoms with Crippen molar-refractivity contribution in [2.24, 2.45) is 5.92 Å². The molecule has 0 aliphatic carbocycles. The van der Waals surface area contributed by atoms with Gasteiger partial charge in [-0.1, -0.05) is 43.7 Å². The van der Waals surface area contributed by atoms with Gasteiger partial charge in [0.1, 0.15) is 0 Å². The number of rotatable bonds is 4. The van der Waals surface area contributed by atoms with Crippen molar-refractivity contribution in [1.29, 1.82) is 0 Å². The molecule has 1 heterocycles. The number of carbonyl (C=O) groups excluding carboxylic acids is 2. The van der Waals surface area contributed by atoms with Crippen LogP contribution in [0.15, 0.2) is 36.4 Å². The Morgan fingerprint density at radius 2 is 1.67 bits per heavy atom. The molecule has 1 aliphatic rings. The molecule has 0 saturated carbocycles. The molecule has 0 bridgehead atoms. The van der Waals surface area contributed by atoms with Crippen molar-refractivity contribution in [2.75, 3.05) is 16.8 Å². The van der Waals surface area contributed by atoms with Crippen molar-refractivity contribution >= 4 is 23.2 Å². The highest BCUT2D eigenvalue weighted by Gasteiger charge is 2.35. The van der Waals surface area contributed by atoms with Gasteiger partial charge in [-0.25, -0.2) is 0 Å². The summed E-state index contributed by atoms with van der Waals surface area (Å²) >= 11 is 0. The van der Waals surface area contributed by atoms with Crippen molar-refractivity contribution in [2.45, 2.75) is 47.0 Å². The van der Waals surface area contributed by atoms with Crippen LogP contribution in [0.4, 0.5) is 11.4 Å². The third kappa shape index (κ3) is 4.05. The fourth-order valence-electron chi connectivity index (χ4n) is 3.77. The number of nitrogens with one attached hydrogen (secondary N) is 1. The quantitative estimate of drug-likeness (QED) is 0.853. The van der Waals surface area contributed by atoms with Gasteiger partial charge in [-0.05, 0) is 55.5 Å². The number of nitrogens with zero attached hydrogens (tertiary/aromatic N) is 1. The lowest BCUT2D eigenvalue weighted by Gasteiger charge is -2.18. The van der Waals surface area contributed by atoms with Crippen molar-refractivity contribution in [3.05, 3.63) is 58.7 Å². The SMILES string of the molecule is Cc1cc(C)c(NC(=O)C2CC(=O)N(c3ccc(C(C)C)cc3)C2)c(C)c1. The topological polar surface area (TPSA) is 49.4 Å². The van der Waals surface area contributed by atoms with Gasteiger partial charge in [0.25, 0.3) is 0 Å². The predicted octanol–water partition coefficient (Wildman–Crippen LogP) is 4.73. The highest BCUT2D eigenvalue weighted by molar-refractivity contribution is 6.04. The monoisotopic (exact) mass is 364 g/mol. The number of hydrogen-bond donors (Lipinski definition) is 1. The summed E-state index contributed by atoms with van der Waals surface area (Å²) in [7, 11) is 0. The lowest BCUT2D eigenvalue weighted by Crippen LogP contribution is -2.28. The minimum absolute atomic E-state index is 0.00444. The van der Waals surface area contributed by atoms with Crippen molar-refractivity contribution in [1.82, 2.24) is 0 Å². The van der Waals surface area contributed by atoms with E-state index in [1.807, 2.05) is 32.9 Å². The Bertz CT molecular complexity index is 845. The lowest BCUT2D eigenvalue weighted by atomic mass is 10.0. The molecule has 0 spiro atoms. The Balaban J connectivity index is 1.72. The van der Waals surface area contributed by atoms with Crippen LogP contribution in [0, 0.1) is 26.7 Å². The molecule has 142 valence electrons. The van der Waals surface area contributed by atoms with Crippen LogP contribution in [-0.2, 0) is 9.59 Å². The number of carbonyl (C=O) groups is 2. The van der Waals surface area contributed by atoms with Gasteiger partial charge in [-0.2, -0.15) is 0 Å². The smallest absolute Gasteiger partial charge is 0.229 e. The number of hydrogen-bond acceptors (Lipinski definition) is 2. The third-order valence-corrected chi connectivity index (χ3v) is 5.29. The molecule has 1 N–H and O–H groups in total. The highest BCUT2D eigenvalue weighted by atomic mass is 16.2. The van der Waals surface area contributed by atoms with E-state index in [-0.39, 0.29) is 24.2 Å². The second-order valence-electron chi connectivity index (χ2n) is 7.91. The predicted molar refractivity (Wildman–Crippen MR) is 110 cm³/mol. The maximum Gasteiger partial charge on any atom is 0.229 e. The van der Waals surface area contributed by atoms with Crippen molar-refractivity contribution in [3.8, 4) is 0 Å². The Hall–Kier alpha value is -2.62. The molecule has 2 aromatic rings. The molecule has 0 aromatic heterocycles. The van der Waals surface area contributed by atoms with E-state index in [0.29, 0.717) is 12.5 Å². The van der Waals surface area contributed by atoms with Crippen molar-refractivity contribution < 1.29 is 9.59 Å². The second kappa shape index (κ2) is 7.55. The minimum Gasteiger partial charge on any atom is -0.325 e. The summed E-state index contributed by atoms with van der Waals surface area (Å²) in [5, 5.41) is 3.05. The van der Waals surface area contributed by atoms with Crippen LogP contribution in [0.25, 0.3) is 0 Å². The average Bonchev–Trinajstić information content (AvgIpc) is 3.00. The summed E-state index contributed by atoms with van der Waals surface area (Å²) in [5.41, 5.74) is 6.23. The summed E-state index contributed by atoms with van der Waals surface area (Å²) in [6.07, 6.45) is 0.252. The van der Waals surface area contributed by atoms with Crippen LogP contribution < -0.4 is 10.2 Å². The van der Waals surface area contributed by atoms with Crippen LogP contribution >= 0.6 is 0 Å². The molecule has 2 amide bonds. The van der Waals surface area contributed by atoms with Gasteiger partial charge in [0, 0.05) is 24.3 Å². The van der Waals surface area contributed by atoms with Gasteiger partial charge in [0.05, 0.1) is 5.92 Å². The maximum absolute atomic E-state index is 12.8. The van der Waals surface area contributed by atoms with Gasteiger partial charge in [0.15, 0.2) is 0 Å². The zero-order chi connectivity index (χ0) is 19.7. The van der Waals surface area contributed by atoms with Crippen molar-refractivity contribution in [3.63, 3.8) is 0 Å². The average molecular weight is 364 g/mol. The molecule has 27 heavy (non-hydrogen) atoms. The Kier molecular flexibility index (Phi) is 5.36. The molecular weight excluding hydrogens is 336 g/mol. The first-order valence-corrected chi connectivity index (χ1v) is 9.55. The molecule has 1 atom stereocenters. The first-order chi connectivity index (χ1) is 12.8. The molecule has 3 rings (SSSR count). The van der Waals surface area contributed by atoms with Crippen LogP contribution in [0.3, 0.4) is 0 Å². The van der Waals surface area contributed by atoms with Gasteiger partial charge in [-0.3, -0.25) is 9.59 Å². The molecule has 2 aromatic carbocycles. The fraction of sp³-hybridized carbons (Fsp3) is 0.391. The van der Waals surface area contributed by atoms with Gasteiger partial charge >= 0.3 is 0 Å². The maximum atomic E-state index is 12.8. The Morgan fingerprint density at radius 1 is 1.07 bits per heavy atom. The van der Waals surface area contributed by atoms with E-state index in [4.69, 9.17) is 0 Å². The molecule has 4 heteroatoms. The van der Waals surface area contributed by atoms with E-state index in [0.717, 1.165) is 22.5 Å². The summed E-state index contributed by atoms with van der Waals surface area (Å²) < 4.78 is 0. The Labute approximate surface area is 161 Å². The lowest BCUT2D eigenvalue weighted by molar-refractivity contribution is -0.122. The van der Waals surface area contributed by atoms with Gasteiger partial charge in [-0.15, -0.1) is 0 Å². The number of amides is 2. The standard InChI is InChI=1S/C23H28N2O2/c1-14(2)18-6-8-20(9-7-18)25-13-19(12-21(25)26)23(27)24-22-16(4)10-15(3)11-17(22)5/h6-11,14,19H,12-13H2,1-5H3,(H,24,27). The Morgan fingerprint density at radius 3 is 2.22 bits per heavy atom. The van der Waals surface area contributed by atoms with Gasteiger partial charge in [0.2, 0.25) is 11.8 Å². The summed E-state index contributed by atoms with van der Waals surface area (Å²) in [5.74, 6) is 0.0414. The van der Waals surface area contributed by atoms with Gasteiger partial charge < -0.3 is 10.2 Å². The zero-order valence-electron chi connectivity index (χ0n) is 16.8. The molecule has 1 saturated heterocycles. The van der Waals surface area contributed by atoms with E-state index >= 15 is 0 Å². The summed E-state index contributed by atoms with van der Waals surface area (Å²) in [6.45, 7) is 10.8. The van der Waals surface area contributed by atoms with Crippen LogP contribution in [0.1, 0.15) is 48.4 Å². The van der Waals surface area contributed by atoms with E-state index in [2.05, 4.69) is 43.4 Å². The highest BCUT2D eigenvalue weighted by Crippen LogP contribution is 2.29. The molecule has 4 nitrogen and oxygen atoms in total. The molecule has 1 aliphatic heterocycles. The summed E-state index contributed by atoms with van der Waals surface area (Å²) in [6, 6.07) is 12.2. The molecule has 1 unspecified atom stereocenters. The normalized spacial score (nSPS) is 16.9. The van der Waals surface area contributed by atoms with Crippen LogP contribution in [-0.4, -0.2) is 18.4 Å². The molecular formula is C23H28N2O2. The molecule has 0 radical (unpaired) electrons. The largest absolute Gasteiger partial charge is 0.325 e. The van der Waals surface area contributed by atoms with E-state index in [1.54, 1.807) is 4.90 Å². The first kappa shape index (κ1) is 19.2. The van der Waals surface area contributed by atoms with Crippen LogP contribution in [0.5, 0.6) is 0 Å². The third-order valence-electron chi connectivity index (χ3n) is 5.29. The first-order valence-electron chi connectivity index (χ1n) is 9.55. The minimum atomic E-state index is -0.331. The number of anilines is 2. The number of benzene rings is 2. The molecule has 1 fully saturated rings. The zero-order valence-corrected chi connectivity index (χ0v) is 16.8. The fourth-order valence-corrected chi connectivity index (χ4v) is 3.77. The number of aryl methyl sites for hydroxylation is 3. The van der Waals surface area contributed by atoms with E-state index in [1.165, 1.54) is 11.1 Å². The summed E-state index contributed by atoms with van der Waals surface area (Å²) in [4.78, 5) is 27.0.